The van der Waals surface area contributed by atoms with Gasteiger partial charge in [-0.1, -0.05) is 45.4 Å². The molecule has 0 aromatic carbocycles. The van der Waals surface area contributed by atoms with Gasteiger partial charge >= 0.3 is 25.8 Å². The average molecular weight is 357 g/mol. The van der Waals surface area contributed by atoms with Gasteiger partial charge in [0.2, 0.25) is 0 Å². The summed E-state index contributed by atoms with van der Waals surface area (Å²) in [7, 11) is 0. The molecular formula is C9H22HfO3. The number of hydrogen-bond donors (Lipinski definition) is 0. The first-order chi connectivity index (χ1) is 4.41. The fourth-order valence-electron chi connectivity index (χ4n) is 0.957. The number of unbranched alkanes of at least 4 members (excludes halogenated alkanes) is 6. The van der Waals surface area contributed by atoms with Crippen LogP contribution in [0.2, 0.25) is 0 Å². The molecule has 0 aliphatic heterocycles. The van der Waals surface area contributed by atoms with Gasteiger partial charge in [-0.05, 0) is 0 Å². The summed E-state index contributed by atoms with van der Waals surface area (Å²) >= 11 is 0. The Morgan fingerprint density at radius 1 is 0.769 bits per heavy atom. The van der Waals surface area contributed by atoms with Crippen molar-refractivity contribution in [3.8, 4) is 0 Å². The van der Waals surface area contributed by atoms with Gasteiger partial charge in [0.05, 0.1) is 0 Å². The van der Waals surface area contributed by atoms with Gasteiger partial charge in [0.25, 0.3) is 0 Å². The third kappa shape index (κ3) is 32.3. The van der Waals surface area contributed by atoms with Crippen LogP contribution in [0.5, 0.6) is 0 Å². The van der Waals surface area contributed by atoms with Crippen molar-refractivity contribution < 1.29 is 42.3 Å². The summed E-state index contributed by atoms with van der Waals surface area (Å²) in [6.07, 6.45) is 9.45. The molecule has 0 aliphatic carbocycles. The van der Waals surface area contributed by atoms with E-state index in [1.165, 1.54) is 38.5 Å². The van der Waals surface area contributed by atoms with Crippen LogP contribution in [0.25, 0.3) is 0 Å². The van der Waals surface area contributed by atoms with Crippen LogP contribution in [0.4, 0.5) is 0 Å². The first-order valence-electron chi connectivity index (χ1n) is 4.21. The van der Waals surface area contributed by atoms with Crippen LogP contribution < -0.4 is 0 Å². The Morgan fingerprint density at radius 3 is 1.54 bits per heavy atom. The summed E-state index contributed by atoms with van der Waals surface area (Å²) in [6, 6.07) is 0. The van der Waals surface area contributed by atoms with Crippen LogP contribution in [-0.4, -0.2) is 16.4 Å². The van der Waals surface area contributed by atoms with Crippen LogP contribution >= 0.6 is 0 Å². The van der Waals surface area contributed by atoms with E-state index < -0.39 is 0 Å². The second-order valence-corrected chi connectivity index (χ2v) is 2.62. The molecule has 0 saturated heterocycles. The van der Waals surface area contributed by atoms with E-state index in [1.807, 2.05) is 0 Å². The normalized spacial score (nSPS) is 6.92. The second-order valence-electron chi connectivity index (χ2n) is 2.62. The van der Waals surface area contributed by atoms with Gasteiger partial charge in [0, 0.05) is 0 Å². The summed E-state index contributed by atoms with van der Waals surface area (Å²) in [6.45, 7) is 6.05. The van der Waals surface area contributed by atoms with E-state index in [-0.39, 0.29) is 42.3 Å². The first-order valence-corrected chi connectivity index (χ1v) is 4.21. The van der Waals surface area contributed by atoms with Gasteiger partial charge in [-0.15, -0.1) is 0 Å². The second kappa shape index (κ2) is 29.3. The average Bonchev–Trinajstić information content (AvgIpc) is 1.89. The van der Waals surface area contributed by atoms with Crippen molar-refractivity contribution >= 4 is 0 Å². The molecule has 0 aromatic heterocycles. The Hall–Kier alpha value is 0.750. The summed E-state index contributed by atoms with van der Waals surface area (Å²) in [5, 5.41) is 0. The minimum Gasteiger partial charge on any atom is -0.870 e. The van der Waals surface area contributed by atoms with E-state index in [1.54, 1.807) is 0 Å². The Kier molecular flexibility index (Phi) is 65.8. The quantitative estimate of drug-likeness (QED) is 0.416. The fraction of sp³-hybridized carbons (Fsp3) is 0.889. The van der Waals surface area contributed by atoms with E-state index in [9.17, 15) is 0 Å². The maximum atomic E-state index is 3.80. The van der Waals surface area contributed by atoms with E-state index in [4.69, 9.17) is 0 Å². The molecular weight excluding hydrogens is 335 g/mol. The monoisotopic (exact) mass is 358 g/mol. The summed E-state index contributed by atoms with van der Waals surface area (Å²) < 4.78 is 0. The summed E-state index contributed by atoms with van der Waals surface area (Å²) in [5.41, 5.74) is 0. The molecule has 0 rings (SSSR count). The Morgan fingerprint density at radius 2 is 1.15 bits per heavy atom. The minimum absolute atomic E-state index is 0. The molecule has 0 saturated carbocycles. The van der Waals surface area contributed by atoms with E-state index in [0.29, 0.717) is 0 Å². The summed E-state index contributed by atoms with van der Waals surface area (Å²) in [4.78, 5) is 0. The summed E-state index contributed by atoms with van der Waals surface area (Å²) in [5.74, 6) is 0. The van der Waals surface area contributed by atoms with Gasteiger partial charge < -0.3 is 23.4 Å². The number of hydrogen-bond acceptors (Lipinski definition) is 3. The fourth-order valence-corrected chi connectivity index (χ4v) is 0.957. The maximum absolute atomic E-state index is 3.80. The van der Waals surface area contributed by atoms with Crippen LogP contribution in [0.3, 0.4) is 0 Å². The van der Waals surface area contributed by atoms with Crippen molar-refractivity contribution in [1.29, 1.82) is 0 Å². The van der Waals surface area contributed by atoms with Crippen LogP contribution in [-0.2, 0) is 25.8 Å². The third-order valence-electron chi connectivity index (χ3n) is 1.60. The van der Waals surface area contributed by atoms with Crippen molar-refractivity contribution in [2.75, 3.05) is 0 Å². The molecule has 3 N–H and O–H groups in total. The zero-order valence-corrected chi connectivity index (χ0v) is 12.1. The van der Waals surface area contributed by atoms with Gasteiger partial charge in [0.15, 0.2) is 0 Å². The molecule has 0 aromatic rings. The molecule has 0 heterocycles. The predicted molar refractivity (Wildman–Crippen MR) is 49.2 cm³/mol. The molecule has 0 unspecified atom stereocenters. The minimum atomic E-state index is 0. The van der Waals surface area contributed by atoms with Crippen molar-refractivity contribution in [2.45, 2.75) is 51.9 Å². The number of rotatable bonds is 6. The molecule has 0 atom stereocenters. The van der Waals surface area contributed by atoms with Crippen LogP contribution in [0.1, 0.15) is 51.9 Å². The molecule has 0 amide bonds. The Balaban J connectivity index is -0.0000000533. The molecule has 80 valence electrons. The smallest absolute Gasteiger partial charge is 0.870 e. The molecule has 13 heavy (non-hydrogen) atoms. The SMILES string of the molecule is [CH2-]CCCCCCCC.[Hf+4].[OH-].[OH-].[OH-]. The molecule has 4 heteroatoms. The zero-order valence-electron chi connectivity index (χ0n) is 8.50. The van der Waals surface area contributed by atoms with Crippen LogP contribution in [0, 0.1) is 6.92 Å². The van der Waals surface area contributed by atoms with Gasteiger partial charge in [0.1, 0.15) is 0 Å². The topological polar surface area (TPSA) is 90.0 Å². The standard InChI is InChI=1S/C9H19.Hf.3H2O/c1-3-5-7-9-8-6-4-2;;;;/h1,3-9H2,2H3;;3*1H2/q-1;+4;;;/p-3. The molecule has 0 spiro atoms. The van der Waals surface area contributed by atoms with Gasteiger partial charge in [-0.25, -0.2) is 0 Å². The molecule has 0 fully saturated rings. The van der Waals surface area contributed by atoms with E-state index >= 15 is 0 Å². The van der Waals surface area contributed by atoms with Crippen LogP contribution in [0.15, 0.2) is 0 Å². The third-order valence-corrected chi connectivity index (χ3v) is 1.60. The van der Waals surface area contributed by atoms with Gasteiger partial charge in [-0.3, -0.25) is 0 Å². The first kappa shape index (κ1) is 29.2. The largest absolute Gasteiger partial charge is 4.00 e. The van der Waals surface area contributed by atoms with E-state index in [0.717, 1.165) is 6.42 Å². The Bertz CT molecular complexity index is 48.1. The van der Waals surface area contributed by atoms with Gasteiger partial charge in [-0.2, -0.15) is 6.42 Å². The molecule has 0 aliphatic rings. The van der Waals surface area contributed by atoms with Crippen molar-refractivity contribution in [3.05, 3.63) is 6.92 Å². The van der Waals surface area contributed by atoms with Crippen molar-refractivity contribution in [2.24, 2.45) is 0 Å². The predicted octanol–water partition coefficient (Wildman–Crippen LogP) is 3.04. The van der Waals surface area contributed by atoms with E-state index in [2.05, 4.69) is 13.8 Å². The molecule has 0 radical (unpaired) electrons. The van der Waals surface area contributed by atoms with Crippen molar-refractivity contribution in [1.82, 2.24) is 0 Å². The zero-order chi connectivity index (χ0) is 6.95. The molecule has 0 bridgehead atoms. The maximum Gasteiger partial charge on any atom is 4.00 e. The Labute approximate surface area is 101 Å². The van der Waals surface area contributed by atoms with Crippen molar-refractivity contribution in [3.63, 3.8) is 0 Å². The molecule has 3 nitrogen and oxygen atoms in total.